The molecule has 1 aromatic carbocycles. The third-order valence-corrected chi connectivity index (χ3v) is 5.45. The first kappa shape index (κ1) is 23.5. The Labute approximate surface area is 185 Å². The molecule has 32 heavy (non-hydrogen) atoms. The molecule has 0 unspecified atom stereocenters. The summed E-state index contributed by atoms with van der Waals surface area (Å²) in [5, 5.41) is 7.57. The highest BCUT2D eigenvalue weighted by molar-refractivity contribution is 5.56. The molecule has 0 aliphatic heterocycles. The molecule has 2 aromatic heterocycles. The van der Waals surface area contributed by atoms with E-state index in [1.165, 1.54) is 42.2 Å². The molecule has 2 heterocycles. The minimum atomic E-state index is -4.52. The van der Waals surface area contributed by atoms with Crippen molar-refractivity contribution in [3.8, 4) is 24.3 Å². The van der Waals surface area contributed by atoms with Crippen LogP contribution in [-0.4, -0.2) is 28.8 Å². The van der Waals surface area contributed by atoms with E-state index in [0.717, 1.165) is 24.5 Å². The zero-order valence-corrected chi connectivity index (χ0v) is 18.1. The monoisotopic (exact) mass is 445 g/mol. The van der Waals surface area contributed by atoms with Crippen molar-refractivity contribution < 1.29 is 22.6 Å². The molecule has 0 atom stereocenters. The van der Waals surface area contributed by atoms with Gasteiger partial charge in [0.25, 0.3) is 0 Å². The molecule has 8 heteroatoms. The molecule has 5 rings (SSSR count). The van der Waals surface area contributed by atoms with Gasteiger partial charge >= 0.3 is 6.18 Å². The van der Waals surface area contributed by atoms with Crippen molar-refractivity contribution in [1.29, 1.82) is 0 Å². The lowest BCUT2D eigenvalue weighted by Gasteiger charge is -2.12. The van der Waals surface area contributed by atoms with Gasteiger partial charge in [-0.05, 0) is 61.3 Å². The van der Waals surface area contributed by atoms with E-state index in [0.29, 0.717) is 18.2 Å². The molecule has 0 bridgehead atoms. The first-order chi connectivity index (χ1) is 15.4. The Balaban J connectivity index is 0.000000189. The van der Waals surface area contributed by atoms with Crippen molar-refractivity contribution in [3.63, 3.8) is 0 Å². The zero-order chi connectivity index (χ0) is 23.3. The van der Waals surface area contributed by atoms with Crippen molar-refractivity contribution in [2.45, 2.75) is 44.2 Å². The van der Waals surface area contributed by atoms with E-state index in [4.69, 9.17) is 9.47 Å². The molecular formula is C24H26F3N3O2. The van der Waals surface area contributed by atoms with E-state index < -0.39 is 11.7 Å². The molecule has 0 saturated heterocycles. The average molecular weight is 445 g/mol. The van der Waals surface area contributed by atoms with Crippen LogP contribution >= 0.6 is 0 Å². The number of fused-ring (bicyclic) bond motifs is 1. The SMILES string of the molecule is C#C.COc1ccc(C2CC2)cc1.COc1ccn2c(CC3CC3)nnc2c1C(F)(F)F. The number of ether oxygens (including phenoxy) is 2. The summed E-state index contributed by atoms with van der Waals surface area (Å²) in [6, 6.07) is 9.70. The van der Waals surface area contributed by atoms with Crippen LogP contribution in [0.3, 0.4) is 0 Å². The lowest BCUT2D eigenvalue weighted by atomic mass is 10.1. The highest BCUT2D eigenvalue weighted by Gasteiger charge is 2.38. The van der Waals surface area contributed by atoms with Crippen LogP contribution in [-0.2, 0) is 12.6 Å². The number of terminal acetylenes is 1. The van der Waals surface area contributed by atoms with E-state index >= 15 is 0 Å². The van der Waals surface area contributed by atoms with Gasteiger partial charge in [0, 0.05) is 12.6 Å². The summed E-state index contributed by atoms with van der Waals surface area (Å²) >= 11 is 0. The number of rotatable bonds is 5. The summed E-state index contributed by atoms with van der Waals surface area (Å²) < 4.78 is 50.5. The number of alkyl halides is 3. The highest BCUT2D eigenvalue weighted by Crippen LogP contribution is 2.40. The Morgan fingerprint density at radius 2 is 1.62 bits per heavy atom. The molecule has 2 aliphatic carbocycles. The van der Waals surface area contributed by atoms with E-state index in [1.54, 1.807) is 7.11 Å². The first-order valence-corrected chi connectivity index (χ1v) is 10.4. The minimum absolute atomic E-state index is 0.192. The smallest absolute Gasteiger partial charge is 0.423 e. The Hall–Kier alpha value is -3.21. The molecule has 2 fully saturated rings. The third-order valence-electron chi connectivity index (χ3n) is 5.45. The maximum Gasteiger partial charge on any atom is 0.423 e. The quantitative estimate of drug-likeness (QED) is 0.485. The molecule has 0 spiro atoms. The van der Waals surface area contributed by atoms with Gasteiger partial charge in [0.1, 0.15) is 22.9 Å². The predicted molar refractivity (Wildman–Crippen MR) is 116 cm³/mol. The fourth-order valence-corrected chi connectivity index (χ4v) is 3.44. The third kappa shape index (κ3) is 5.52. The molecule has 2 aliphatic rings. The van der Waals surface area contributed by atoms with Crippen molar-refractivity contribution in [2.75, 3.05) is 14.2 Å². The molecule has 5 nitrogen and oxygen atoms in total. The Kier molecular flexibility index (Phi) is 7.29. The van der Waals surface area contributed by atoms with Crippen LogP contribution < -0.4 is 9.47 Å². The Morgan fingerprint density at radius 3 is 2.12 bits per heavy atom. The normalized spacial score (nSPS) is 15.2. The van der Waals surface area contributed by atoms with Gasteiger partial charge < -0.3 is 9.47 Å². The second kappa shape index (κ2) is 9.94. The van der Waals surface area contributed by atoms with E-state index in [-0.39, 0.29) is 11.4 Å². The Morgan fingerprint density at radius 1 is 0.969 bits per heavy atom. The lowest BCUT2D eigenvalue weighted by molar-refractivity contribution is -0.137. The molecule has 170 valence electrons. The van der Waals surface area contributed by atoms with Crippen molar-refractivity contribution in [2.24, 2.45) is 5.92 Å². The number of pyridine rings is 1. The van der Waals surface area contributed by atoms with Crippen molar-refractivity contribution in [3.05, 3.63) is 53.5 Å². The summed E-state index contributed by atoms with van der Waals surface area (Å²) in [4.78, 5) is 0. The topological polar surface area (TPSA) is 48.7 Å². The standard InChI is InChI=1S/C12H12F3N3O.C10H12O.C2H2/c1-19-8-4-5-18-9(6-7-2-3-7)16-17-11(18)10(8)12(13,14)15;1-11-10-6-4-9(5-7-10)8-2-3-8;1-2/h4-5,7H,2-3,6H2,1H3;4-8H,2-3H2,1H3;1-2H. The van der Waals surface area contributed by atoms with Crippen LogP contribution in [0.1, 0.15) is 48.6 Å². The number of halogens is 3. The van der Waals surface area contributed by atoms with Crippen LogP contribution in [0.2, 0.25) is 0 Å². The lowest BCUT2D eigenvalue weighted by Crippen LogP contribution is -2.10. The molecule has 0 radical (unpaired) electrons. The molecule has 3 aromatic rings. The number of nitrogens with zero attached hydrogens (tertiary/aromatic N) is 3. The summed E-state index contributed by atoms with van der Waals surface area (Å²) in [5.74, 6) is 2.68. The van der Waals surface area contributed by atoms with Crippen LogP contribution in [0, 0.1) is 18.8 Å². The Bertz CT molecular complexity index is 1050. The van der Waals surface area contributed by atoms with Crippen molar-refractivity contribution >= 4 is 5.65 Å². The fourth-order valence-electron chi connectivity index (χ4n) is 3.44. The van der Waals surface area contributed by atoms with Gasteiger partial charge in [-0.2, -0.15) is 13.2 Å². The van der Waals surface area contributed by atoms with Gasteiger partial charge in [-0.1, -0.05) is 12.1 Å². The van der Waals surface area contributed by atoms with Gasteiger partial charge in [-0.15, -0.1) is 23.0 Å². The predicted octanol–water partition coefficient (Wildman–Crippen LogP) is 5.53. The van der Waals surface area contributed by atoms with Gasteiger partial charge in [0.15, 0.2) is 5.65 Å². The van der Waals surface area contributed by atoms with Gasteiger partial charge in [0.2, 0.25) is 0 Å². The number of methoxy groups -OCH3 is 2. The average Bonchev–Trinajstić information content (AvgIpc) is 3.73. The van der Waals surface area contributed by atoms with Crippen LogP contribution in [0.5, 0.6) is 11.5 Å². The molecular weight excluding hydrogens is 419 g/mol. The van der Waals surface area contributed by atoms with E-state index in [1.807, 2.05) is 12.1 Å². The van der Waals surface area contributed by atoms with Crippen LogP contribution in [0.25, 0.3) is 5.65 Å². The molecule has 0 amide bonds. The van der Waals surface area contributed by atoms with Crippen LogP contribution in [0.4, 0.5) is 13.2 Å². The number of hydrogen-bond donors (Lipinski definition) is 0. The summed E-state index contributed by atoms with van der Waals surface area (Å²) in [5.41, 5.74) is 0.403. The number of aromatic nitrogens is 3. The largest absolute Gasteiger partial charge is 0.497 e. The van der Waals surface area contributed by atoms with E-state index in [2.05, 4.69) is 35.2 Å². The van der Waals surface area contributed by atoms with Crippen molar-refractivity contribution in [1.82, 2.24) is 14.6 Å². The summed E-state index contributed by atoms with van der Waals surface area (Å²) in [6.45, 7) is 0. The second-order valence-electron chi connectivity index (χ2n) is 7.76. The number of benzene rings is 1. The maximum atomic E-state index is 13.1. The van der Waals surface area contributed by atoms with Gasteiger partial charge in [-0.25, -0.2) is 0 Å². The minimum Gasteiger partial charge on any atom is -0.497 e. The second-order valence-corrected chi connectivity index (χ2v) is 7.76. The van der Waals surface area contributed by atoms with Gasteiger partial charge in [-0.3, -0.25) is 4.40 Å². The number of hydrogen-bond acceptors (Lipinski definition) is 4. The fraction of sp³-hybridized carbons (Fsp3) is 0.417. The summed E-state index contributed by atoms with van der Waals surface area (Å²) in [6.07, 6.45) is 10.6. The highest BCUT2D eigenvalue weighted by atomic mass is 19.4. The van der Waals surface area contributed by atoms with Gasteiger partial charge in [0.05, 0.1) is 14.2 Å². The molecule has 2 saturated carbocycles. The molecule has 0 N–H and O–H groups in total. The summed E-state index contributed by atoms with van der Waals surface area (Å²) in [7, 11) is 2.91. The van der Waals surface area contributed by atoms with E-state index in [9.17, 15) is 13.2 Å². The first-order valence-electron chi connectivity index (χ1n) is 10.4. The zero-order valence-electron chi connectivity index (χ0n) is 18.1. The van der Waals surface area contributed by atoms with Crippen LogP contribution in [0.15, 0.2) is 36.5 Å². The maximum absolute atomic E-state index is 13.1.